The SMILES string of the molecule is CC(Nc1cc(-c2cc3nncn3c(N3C=C4CC3CN4C(=O)OC(C)(C)C)n2)ccn1)c1cccc2ccccc12. The number of anilines is 2. The van der Waals surface area contributed by atoms with Crippen molar-refractivity contribution in [3.8, 4) is 11.3 Å². The average Bonchev–Trinajstić information content (AvgIpc) is 3.72. The Balaban J connectivity index is 1.18. The lowest BCUT2D eigenvalue weighted by molar-refractivity contribution is 0.0330. The fraction of sp³-hybridized carbons (Fsp3) is 0.281. The van der Waals surface area contributed by atoms with Crippen molar-refractivity contribution in [1.29, 1.82) is 0 Å². The highest BCUT2D eigenvalue weighted by Gasteiger charge is 2.42. The number of aromatic nitrogens is 5. The maximum Gasteiger partial charge on any atom is 0.414 e. The molecule has 1 amide bonds. The molecule has 1 N–H and O–H groups in total. The number of carbonyl (C=O) groups excluding carboxylic acids is 1. The number of carbonyl (C=O) groups is 1. The molecule has 1 saturated heterocycles. The van der Waals surface area contributed by atoms with Crippen LogP contribution < -0.4 is 10.2 Å². The number of hydrogen-bond donors (Lipinski definition) is 1. The van der Waals surface area contributed by atoms with Crippen molar-refractivity contribution in [2.24, 2.45) is 0 Å². The van der Waals surface area contributed by atoms with E-state index in [4.69, 9.17) is 9.72 Å². The quantitative estimate of drug-likeness (QED) is 0.272. The van der Waals surface area contributed by atoms with Crippen molar-refractivity contribution in [3.05, 3.63) is 90.6 Å². The van der Waals surface area contributed by atoms with Crippen LogP contribution in [-0.4, -0.2) is 53.7 Å². The Hall–Kier alpha value is -4.99. The molecule has 10 nitrogen and oxygen atoms in total. The number of likely N-dealkylation sites (tertiary alicyclic amines) is 1. The lowest BCUT2D eigenvalue weighted by Gasteiger charge is -2.31. The molecule has 0 spiro atoms. The topological polar surface area (TPSA) is 101 Å². The standard InChI is InChI=1S/C32H32N8O2/c1-20(25-11-7-9-21-8-5-6-10-26(21)25)35-28-14-22(12-13-33-28)27-16-29-37-34-19-40(29)30(36-27)38-17-24-15-23(38)18-39(24)31(41)42-32(2,3)4/h5-14,16-17,19-20,23H,15,18H2,1-4H3,(H,33,35). The highest BCUT2D eigenvalue weighted by Crippen LogP contribution is 2.37. The van der Waals surface area contributed by atoms with Crippen molar-refractivity contribution >= 4 is 34.3 Å². The van der Waals surface area contributed by atoms with Crippen molar-refractivity contribution in [1.82, 2.24) is 29.5 Å². The van der Waals surface area contributed by atoms with Crippen molar-refractivity contribution in [2.75, 3.05) is 16.8 Å². The average molecular weight is 561 g/mol. The number of benzene rings is 2. The summed E-state index contributed by atoms with van der Waals surface area (Å²) in [4.78, 5) is 26.3. The van der Waals surface area contributed by atoms with E-state index in [9.17, 15) is 4.79 Å². The Morgan fingerprint density at radius 1 is 1.10 bits per heavy atom. The molecule has 2 atom stereocenters. The number of fused-ring (bicyclic) bond motifs is 4. The largest absolute Gasteiger partial charge is 0.443 e. The molecule has 2 aliphatic heterocycles. The number of rotatable bonds is 5. The summed E-state index contributed by atoms with van der Waals surface area (Å²) in [5, 5.41) is 14.5. The Kier molecular flexibility index (Phi) is 6.07. The first kappa shape index (κ1) is 25.9. The van der Waals surface area contributed by atoms with E-state index in [0.29, 0.717) is 18.1 Å². The van der Waals surface area contributed by atoms with Gasteiger partial charge in [-0.25, -0.2) is 14.8 Å². The van der Waals surface area contributed by atoms with Gasteiger partial charge in [0.2, 0.25) is 5.95 Å². The molecule has 2 unspecified atom stereocenters. The van der Waals surface area contributed by atoms with Crippen LogP contribution in [0, 0.1) is 0 Å². The highest BCUT2D eigenvalue weighted by atomic mass is 16.6. The first-order valence-corrected chi connectivity index (χ1v) is 14.1. The Bertz CT molecular complexity index is 1850. The molecule has 42 heavy (non-hydrogen) atoms. The normalized spacial score (nSPS) is 17.1. The predicted octanol–water partition coefficient (Wildman–Crippen LogP) is 6.18. The highest BCUT2D eigenvalue weighted by molar-refractivity contribution is 5.86. The lowest BCUT2D eigenvalue weighted by atomic mass is 9.99. The van der Waals surface area contributed by atoms with Crippen LogP contribution in [0.3, 0.4) is 0 Å². The van der Waals surface area contributed by atoms with Gasteiger partial charge in [0, 0.05) is 36.1 Å². The smallest absolute Gasteiger partial charge is 0.414 e. The summed E-state index contributed by atoms with van der Waals surface area (Å²) in [7, 11) is 0. The second kappa shape index (κ2) is 9.83. The maximum absolute atomic E-state index is 12.8. The van der Waals surface area contributed by atoms with Gasteiger partial charge in [0.25, 0.3) is 0 Å². The molecular weight excluding hydrogens is 528 g/mol. The van der Waals surface area contributed by atoms with Gasteiger partial charge in [-0.1, -0.05) is 42.5 Å². The van der Waals surface area contributed by atoms with Crippen LogP contribution in [-0.2, 0) is 4.74 Å². The van der Waals surface area contributed by atoms with Crippen LogP contribution in [0.25, 0.3) is 27.7 Å². The van der Waals surface area contributed by atoms with Crippen molar-refractivity contribution in [2.45, 2.75) is 51.8 Å². The summed E-state index contributed by atoms with van der Waals surface area (Å²) < 4.78 is 7.49. The molecule has 2 aromatic carbocycles. The van der Waals surface area contributed by atoms with E-state index >= 15 is 0 Å². The molecule has 5 heterocycles. The third-order valence-corrected chi connectivity index (χ3v) is 7.70. The van der Waals surface area contributed by atoms with Gasteiger partial charge in [0.15, 0.2) is 5.65 Å². The second-order valence-electron chi connectivity index (χ2n) is 11.8. The molecule has 0 radical (unpaired) electrons. The Morgan fingerprint density at radius 3 is 2.74 bits per heavy atom. The molecule has 2 bridgehead atoms. The van der Waals surface area contributed by atoms with E-state index in [-0.39, 0.29) is 18.2 Å². The molecule has 5 aromatic rings. The predicted molar refractivity (Wildman–Crippen MR) is 162 cm³/mol. The van der Waals surface area contributed by atoms with E-state index in [1.54, 1.807) is 17.4 Å². The minimum atomic E-state index is -0.547. The number of nitrogens with one attached hydrogen (secondary N) is 1. The third-order valence-electron chi connectivity index (χ3n) is 7.70. The molecule has 3 aromatic heterocycles. The van der Waals surface area contributed by atoms with Gasteiger partial charge in [0.1, 0.15) is 17.7 Å². The van der Waals surface area contributed by atoms with Crippen LogP contribution in [0.15, 0.2) is 85.1 Å². The van der Waals surface area contributed by atoms with Gasteiger partial charge in [-0.3, -0.25) is 9.30 Å². The van der Waals surface area contributed by atoms with E-state index in [1.807, 2.05) is 49.6 Å². The summed E-state index contributed by atoms with van der Waals surface area (Å²) in [5.74, 6) is 1.46. The Morgan fingerprint density at radius 2 is 1.93 bits per heavy atom. The maximum atomic E-state index is 12.8. The molecule has 10 heteroatoms. The first-order valence-electron chi connectivity index (χ1n) is 14.1. The fourth-order valence-electron chi connectivity index (χ4n) is 5.79. The molecule has 1 fully saturated rings. The van der Waals surface area contributed by atoms with Crippen LogP contribution in [0.2, 0.25) is 0 Å². The first-order chi connectivity index (χ1) is 20.2. The molecule has 212 valence electrons. The zero-order valence-corrected chi connectivity index (χ0v) is 24.0. The van der Waals surface area contributed by atoms with E-state index in [0.717, 1.165) is 29.2 Å². The van der Waals surface area contributed by atoms with Crippen LogP contribution in [0.4, 0.5) is 16.6 Å². The van der Waals surface area contributed by atoms with Gasteiger partial charge in [-0.05, 0) is 56.2 Å². The number of hydrogen-bond acceptors (Lipinski definition) is 8. The zero-order chi connectivity index (χ0) is 29.0. The van der Waals surface area contributed by atoms with Gasteiger partial charge >= 0.3 is 6.09 Å². The van der Waals surface area contributed by atoms with E-state index < -0.39 is 5.60 Å². The van der Waals surface area contributed by atoms with Crippen molar-refractivity contribution in [3.63, 3.8) is 0 Å². The Labute approximate surface area is 243 Å². The molecule has 2 aliphatic rings. The summed E-state index contributed by atoms with van der Waals surface area (Å²) in [6.45, 7) is 8.31. The fourth-order valence-corrected chi connectivity index (χ4v) is 5.79. The zero-order valence-electron chi connectivity index (χ0n) is 24.0. The molecular formula is C32H32N8O2. The number of amides is 1. The summed E-state index contributed by atoms with van der Waals surface area (Å²) >= 11 is 0. The molecule has 0 saturated carbocycles. The van der Waals surface area contributed by atoms with Crippen molar-refractivity contribution < 1.29 is 9.53 Å². The van der Waals surface area contributed by atoms with Gasteiger partial charge in [0.05, 0.1) is 24.3 Å². The van der Waals surface area contributed by atoms with Gasteiger partial charge < -0.3 is 15.0 Å². The summed E-state index contributed by atoms with van der Waals surface area (Å²) in [6, 6.07) is 20.8. The van der Waals surface area contributed by atoms with E-state index in [2.05, 4.69) is 74.8 Å². The molecule has 0 aliphatic carbocycles. The molecule has 7 rings (SSSR count). The summed E-state index contributed by atoms with van der Waals surface area (Å²) in [6.07, 6.45) is 5.87. The van der Waals surface area contributed by atoms with Crippen LogP contribution in [0.5, 0.6) is 0 Å². The number of ether oxygens (including phenoxy) is 1. The number of pyridine rings is 1. The van der Waals surface area contributed by atoms with Crippen LogP contribution in [0.1, 0.15) is 45.7 Å². The van der Waals surface area contributed by atoms with E-state index in [1.165, 1.54) is 16.3 Å². The monoisotopic (exact) mass is 560 g/mol. The van der Waals surface area contributed by atoms with Gasteiger partial charge in [-0.15, -0.1) is 10.2 Å². The summed E-state index contributed by atoms with van der Waals surface area (Å²) in [5.41, 5.74) is 3.95. The number of nitrogens with zero attached hydrogens (tertiary/aromatic N) is 7. The lowest BCUT2D eigenvalue weighted by Crippen LogP contribution is -2.42. The minimum absolute atomic E-state index is 0.0426. The minimum Gasteiger partial charge on any atom is -0.443 e. The second-order valence-corrected chi connectivity index (χ2v) is 11.8. The van der Waals surface area contributed by atoms with Crippen LogP contribution >= 0.6 is 0 Å². The third kappa shape index (κ3) is 4.68. The van der Waals surface area contributed by atoms with Gasteiger partial charge in [-0.2, -0.15) is 0 Å².